The largest absolute Gasteiger partial charge is 0.495 e. The highest BCUT2D eigenvalue weighted by molar-refractivity contribution is 7.20. The number of aryl methyl sites for hydroxylation is 2. The van der Waals surface area contributed by atoms with Crippen molar-refractivity contribution in [3.8, 4) is 5.75 Å². The number of rotatable bonds is 4. The third-order valence-electron chi connectivity index (χ3n) is 5.41. The molecule has 0 bridgehead atoms. The molecule has 1 N–H and O–H groups in total. The van der Waals surface area contributed by atoms with Crippen molar-refractivity contribution in [2.24, 2.45) is 7.05 Å². The Morgan fingerprint density at radius 2 is 1.87 bits per heavy atom. The molecule has 1 fully saturated rings. The van der Waals surface area contributed by atoms with E-state index in [1.165, 1.54) is 11.3 Å². The van der Waals surface area contributed by atoms with Crippen molar-refractivity contribution in [1.82, 2.24) is 19.6 Å². The Morgan fingerprint density at radius 1 is 1.13 bits per heavy atom. The number of ether oxygens (including phenoxy) is 1. The first-order valence-electron chi connectivity index (χ1n) is 9.77. The zero-order valence-corrected chi connectivity index (χ0v) is 18.4. The lowest BCUT2D eigenvalue weighted by Gasteiger charge is -2.32. The molecule has 0 radical (unpaired) electrons. The molecule has 1 saturated heterocycles. The molecule has 0 atom stereocenters. The number of nitrogens with zero attached hydrogens (tertiary/aromatic N) is 4. The molecule has 3 aromatic rings. The number of carbonyl (C=O) groups excluding carboxylic acids is 2. The number of anilines is 1. The summed E-state index contributed by atoms with van der Waals surface area (Å²) < 4.78 is 7.18. The maximum absolute atomic E-state index is 12.9. The van der Waals surface area contributed by atoms with Gasteiger partial charge >= 0.3 is 0 Å². The molecule has 0 aliphatic carbocycles. The van der Waals surface area contributed by atoms with E-state index in [1.54, 1.807) is 30.0 Å². The number of fused-ring (bicyclic) bond motifs is 1. The summed E-state index contributed by atoms with van der Waals surface area (Å²) in [5.41, 5.74) is 1.90. The highest BCUT2D eigenvalue weighted by Gasteiger charge is 2.22. The maximum atomic E-state index is 12.9. The molecule has 0 saturated carbocycles. The van der Waals surface area contributed by atoms with Gasteiger partial charge < -0.3 is 19.9 Å². The number of hydrogen-bond donors (Lipinski definition) is 1. The molecular weight excluding hydrogens is 402 g/mol. The van der Waals surface area contributed by atoms with Gasteiger partial charge in [0.2, 0.25) is 0 Å². The number of hydrogen-bond acceptors (Lipinski definition) is 6. The Balaban J connectivity index is 1.57. The Bertz CT molecular complexity index is 1080. The number of nitrogens with one attached hydrogen (secondary N) is 1. The van der Waals surface area contributed by atoms with Crippen LogP contribution in [0, 0.1) is 6.92 Å². The number of carbonyl (C=O) groups is 2. The molecule has 3 heterocycles. The van der Waals surface area contributed by atoms with Crippen LogP contribution >= 0.6 is 11.3 Å². The van der Waals surface area contributed by atoms with E-state index in [0.29, 0.717) is 35.0 Å². The van der Waals surface area contributed by atoms with E-state index in [1.807, 2.05) is 32.0 Å². The van der Waals surface area contributed by atoms with Gasteiger partial charge in [0.25, 0.3) is 11.8 Å². The molecule has 30 heavy (non-hydrogen) atoms. The zero-order chi connectivity index (χ0) is 21.4. The van der Waals surface area contributed by atoms with Gasteiger partial charge in [-0.15, -0.1) is 11.3 Å². The number of aromatic nitrogens is 2. The van der Waals surface area contributed by atoms with Crippen LogP contribution in [-0.4, -0.2) is 71.7 Å². The first-order chi connectivity index (χ1) is 14.4. The fraction of sp³-hybridized carbons (Fsp3) is 0.381. The molecule has 2 aromatic heterocycles. The number of thiophene rings is 1. The molecule has 0 spiro atoms. The van der Waals surface area contributed by atoms with E-state index >= 15 is 0 Å². The summed E-state index contributed by atoms with van der Waals surface area (Å²) in [5.74, 6) is 0.236. The minimum Gasteiger partial charge on any atom is -0.495 e. The normalized spacial score (nSPS) is 14.9. The first kappa shape index (κ1) is 20.4. The minimum atomic E-state index is -0.238. The smallest absolute Gasteiger partial charge is 0.265 e. The van der Waals surface area contributed by atoms with Crippen molar-refractivity contribution in [2.45, 2.75) is 6.92 Å². The number of piperazine rings is 1. The fourth-order valence-electron chi connectivity index (χ4n) is 3.63. The van der Waals surface area contributed by atoms with E-state index in [9.17, 15) is 9.59 Å². The zero-order valence-electron chi connectivity index (χ0n) is 17.6. The van der Waals surface area contributed by atoms with Gasteiger partial charge in [-0.05, 0) is 38.2 Å². The van der Waals surface area contributed by atoms with E-state index in [0.717, 1.165) is 29.0 Å². The summed E-state index contributed by atoms with van der Waals surface area (Å²) in [7, 11) is 5.46. The van der Waals surface area contributed by atoms with Crippen LogP contribution in [-0.2, 0) is 7.05 Å². The van der Waals surface area contributed by atoms with Crippen molar-refractivity contribution >= 4 is 39.1 Å². The van der Waals surface area contributed by atoms with E-state index in [4.69, 9.17) is 4.74 Å². The summed E-state index contributed by atoms with van der Waals surface area (Å²) in [4.78, 5) is 31.4. The van der Waals surface area contributed by atoms with Gasteiger partial charge in [0.15, 0.2) is 0 Å². The molecule has 158 valence electrons. The number of likely N-dealkylation sites (N-methyl/N-ethyl adjacent to an activating group) is 1. The van der Waals surface area contributed by atoms with Crippen LogP contribution in [0.25, 0.3) is 10.2 Å². The van der Waals surface area contributed by atoms with Crippen LogP contribution in [0.2, 0.25) is 0 Å². The summed E-state index contributed by atoms with van der Waals surface area (Å²) in [6, 6.07) is 7.00. The minimum absolute atomic E-state index is 0.0372. The van der Waals surface area contributed by atoms with Crippen molar-refractivity contribution in [3.63, 3.8) is 0 Å². The average Bonchev–Trinajstić information content (AvgIpc) is 3.29. The Kier molecular flexibility index (Phi) is 5.48. The van der Waals surface area contributed by atoms with Crippen LogP contribution in [0.5, 0.6) is 5.75 Å². The highest BCUT2D eigenvalue weighted by Crippen LogP contribution is 2.31. The highest BCUT2D eigenvalue weighted by atomic mass is 32.1. The maximum Gasteiger partial charge on any atom is 0.265 e. The Hall–Kier alpha value is -2.91. The van der Waals surface area contributed by atoms with Gasteiger partial charge in [-0.3, -0.25) is 14.3 Å². The monoisotopic (exact) mass is 427 g/mol. The van der Waals surface area contributed by atoms with Gasteiger partial charge in [-0.25, -0.2) is 0 Å². The second-order valence-electron chi connectivity index (χ2n) is 7.50. The van der Waals surface area contributed by atoms with E-state index in [2.05, 4.69) is 15.3 Å². The van der Waals surface area contributed by atoms with Gasteiger partial charge in [-0.1, -0.05) is 0 Å². The second-order valence-corrected chi connectivity index (χ2v) is 8.53. The predicted octanol–water partition coefficient (Wildman–Crippen LogP) is 2.59. The fourth-order valence-corrected chi connectivity index (χ4v) is 4.65. The van der Waals surface area contributed by atoms with Gasteiger partial charge in [-0.2, -0.15) is 5.10 Å². The first-order valence-corrected chi connectivity index (χ1v) is 10.6. The third kappa shape index (κ3) is 3.78. The van der Waals surface area contributed by atoms with Gasteiger partial charge in [0, 0.05) is 44.2 Å². The lowest BCUT2D eigenvalue weighted by atomic mass is 10.1. The quantitative estimate of drug-likeness (QED) is 0.692. The number of methoxy groups -OCH3 is 1. The molecule has 4 rings (SSSR count). The number of benzene rings is 1. The molecule has 1 aliphatic rings. The Morgan fingerprint density at radius 3 is 2.53 bits per heavy atom. The molecule has 2 amide bonds. The third-order valence-corrected chi connectivity index (χ3v) is 6.61. The summed E-state index contributed by atoms with van der Waals surface area (Å²) in [6.45, 7) is 5.01. The van der Waals surface area contributed by atoms with Crippen molar-refractivity contribution in [3.05, 3.63) is 40.4 Å². The molecule has 1 aromatic carbocycles. The average molecular weight is 428 g/mol. The predicted molar refractivity (Wildman–Crippen MR) is 118 cm³/mol. The molecule has 1 aliphatic heterocycles. The second kappa shape index (κ2) is 8.08. The lowest BCUT2D eigenvalue weighted by Crippen LogP contribution is -2.47. The Labute approximate surface area is 179 Å². The van der Waals surface area contributed by atoms with E-state index in [-0.39, 0.29) is 11.8 Å². The van der Waals surface area contributed by atoms with Crippen LogP contribution in [0.4, 0.5) is 5.69 Å². The summed E-state index contributed by atoms with van der Waals surface area (Å²) in [6.07, 6.45) is 0. The van der Waals surface area contributed by atoms with Crippen LogP contribution in [0.3, 0.4) is 0 Å². The van der Waals surface area contributed by atoms with Crippen molar-refractivity contribution in [2.75, 3.05) is 45.7 Å². The molecule has 8 nitrogen and oxygen atoms in total. The SMILES string of the molecule is COc1ccc(C(=O)N2CCN(C)CC2)cc1NC(=O)c1cc2c(C)nn(C)c2s1. The topological polar surface area (TPSA) is 79.7 Å². The lowest BCUT2D eigenvalue weighted by molar-refractivity contribution is 0.0664. The summed E-state index contributed by atoms with van der Waals surface area (Å²) in [5, 5.41) is 8.25. The molecule has 9 heteroatoms. The summed E-state index contributed by atoms with van der Waals surface area (Å²) >= 11 is 1.39. The van der Waals surface area contributed by atoms with Gasteiger partial charge in [0.05, 0.1) is 23.4 Å². The molecular formula is C21H25N5O3S. The standard InChI is InChI=1S/C21H25N5O3S/c1-13-15-12-18(30-21(15)25(3)23-13)19(27)22-16-11-14(5-6-17(16)29-4)20(28)26-9-7-24(2)8-10-26/h5-6,11-12H,7-10H2,1-4H3,(H,22,27). The number of amides is 2. The van der Waals surface area contributed by atoms with Crippen LogP contribution in [0.15, 0.2) is 24.3 Å². The van der Waals surface area contributed by atoms with Crippen molar-refractivity contribution < 1.29 is 14.3 Å². The van der Waals surface area contributed by atoms with Crippen molar-refractivity contribution in [1.29, 1.82) is 0 Å². The van der Waals surface area contributed by atoms with Crippen LogP contribution < -0.4 is 10.1 Å². The van der Waals surface area contributed by atoms with E-state index < -0.39 is 0 Å². The molecule has 0 unspecified atom stereocenters. The van der Waals surface area contributed by atoms with Crippen LogP contribution in [0.1, 0.15) is 25.7 Å². The van der Waals surface area contributed by atoms with Gasteiger partial charge in [0.1, 0.15) is 10.6 Å².